The van der Waals surface area contributed by atoms with Crippen molar-refractivity contribution in [1.82, 2.24) is 25.2 Å². The summed E-state index contributed by atoms with van der Waals surface area (Å²) in [6.45, 7) is 5.73. The van der Waals surface area contributed by atoms with Gasteiger partial charge in [-0.2, -0.15) is 0 Å². The van der Waals surface area contributed by atoms with Gasteiger partial charge in [0.25, 0.3) is 5.91 Å². The first-order chi connectivity index (χ1) is 12.7. The normalized spacial score (nSPS) is 16.4. The first kappa shape index (κ1) is 18.5. The molecule has 26 heavy (non-hydrogen) atoms. The number of carbonyl (C=O) groups is 1. The molecular weight excluding hydrogens is 333 g/mol. The molecule has 2 aromatic rings. The Balaban J connectivity index is 1.57. The molecule has 1 aromatic heterocycles. The fourth-order valence-corrected chi connectivity index (χ4v) is 3.39. The summed E-state index contributed by atoms with van der Waals surface area (Å²) in [6, 6.07) is 6.28. The first-order valence-electron chi connectivity index (χ1n) is 9.35. The van der Waals surface area contributed by atoms with Gasteiger partial charge in [0.15, 0.2) is 5.69 Å². The largest absolute Gasteiger partial charge is 0.349 e. The lowest BCUT2D eigenvalue weighted by molar-refractivity contribution is 0.0941. The SMILES string of the molecule is CC[C@@H](c1ccc(F)cc1)n1cc(C(=O)NCCN2CCCCC2)nn1. The van der Waals surface area contributed by atoms with Crippen molar-refractivity contribution in [2.24, 2.45) is 0 Å². The van der Waals surface area contributed by atoms with Gasteiger partial charge in [0, 0.05) is 13.1 Å². The minimum atomic E-state index is -0.268. The lowest BCUT2D eigenvalue weighted by Crippen LogP contribution is -2.37. The molecule has 140 valence electrons. The molecule has 0 unspecified atom stereocenters. The molecule has 0 saturated carbocycles. The fraction of sp³-hybridized carbons (Fsp3) is 0.526. The van der Waals surface area contributed by atoms with Crippen LogP contribution in [0.15, 0.2) is 30.5 Å². The van der Waals surface area contributed by atoms with E-state index in [1.807, 2.05) is 6.92 Å². The van der Waals surface area contributed by atoms with Crippen LogP contribution in [0.2, 0.25) is 0 Å². The van der Waals surface area contributed by atoms with Crippen LogP contribution in [-0.4, -0.2) is 52.0 Å². The van der Waals surface area contributed by atoms with E-state index in [-0.39, 0.29) is 17.8 Å². The summed E-state index contributed by atoms with van der Waals surface area (Å²) >= 11 is 0. The molecule has 1 aliphatic heterocycles. The maximum atomic E-state index is 13.1. The Labute approximate surface area is 153 Å². The number of rotatable bonds is 7. The standard InChI is InChI=1S/C19H26FN5O/c1-2-18(15-6-8-16(20)9-7-15)25-14-17(22-23-25)19(26)21-10-13-24-11-4-3-5-12-24/h6-9,14,18H,2-5,10-13H2,1H3,(H,21,26)/t18-/m0/s1. The molecule has 1 N–H and O–H groups in total. The van der Waals surface area contributed by atoms with Crippen molar-refractivity contribution < 1.29 is 9.18 Å². The highest BCUT2D eigenvalue weighted by Gasteiger charge is 2.17. The highest BCUT2D eigenvalue weighted by atomic mass is 19.1. The molecule has 1 aromatic carbocycles. The third kappa shape index (κ3) is 4.66. The van der Waals surface area contributed by atoms with Crippen molar-refractivity contribution in [3.63, 3.8) is 0 Å². The number of hydrogen-bond donors (Lipinski definition) is 1. The van der Waals surface area contributed by atoms with Crippen LogP contribution >= 0.6 is 0 Å². The zero-order valence-corrected chi connectivity index (χ0v) is 15.2. The highest BCUT2D eigenvalue weighted by molar-refractivity contribution is 5.91. The van der Waals surface area contributed by atoms with Gasteiger partial charge in [-0.3, -0.25) is 4.79 Å². The number of benzene rings is 1. The number of amides is 1. The second kappa shape index (κ2) is 8.89. The van der Waals surface area contributed by atoms with Crippen molar-refractivity contribution in [3.05, 3.63) is 47.5 Å². The Morgan fingerprint density at radius 1 is 1.23 bits per heavy atom. The lowest BCUT2D eigenvalue weighted by Gasteiger charge is -2.26. The minimum Gasteiger partial charge on any atom is -0.349 e. The average Bonchev–Trinajstić information content (AvgIpc) is 3.15. The van der Waals surface area contributed by atoms with Crippen LogP contribution in [-0.2, 0) is 0 Å². The van der Waals surface area contributed by atoms with E-state index in [1.54, 1.807) is 23.0 Å². The Morgan fingerprint density at radius 2 is 1.96 bits per heavy atom. The van der Waals surface area contributed by atoms with Crippen LogP contribution in [0, 0.1) is 5.82 Å². The molecule has 0 radical (unpaired) electrons. The second-order valence-corrected chi connectivity index (χ2v) is 6.72. The summed E-state index contributed by atoms with van der Waals surface area (Å²) in [5.41, 5.74) is 1.25. The highest BCUT2D eigenvalue weighted by Crippen LogP contribution is 2.21. The topological polar surface area (TPSA) is 63.1 Å². The van der Waals surface area contributed by atoms with E-state index >= 15 is 0 Å². The fourth-order valence-electron chi connectivity index (χ4n) is 3.39. The molecule has 0 spiro atoms. The van der Waals surface area contributed by atoms with Gasteiger partial charge in [0.05, 0.1) is 12.2 Å². The van der Waals surface area contributed by atoms with Gasteiger partial charge < -0.3 is 10.2 Å². The van der Waals surface area contributed by atoms with E-state index in [9.17, 15) is 9.18 Å². The van der Waals surface area contributed by atoms with Crippen LogP contribution in [0.3, 0.4) is 0 Å². The molecule has 1 atom stereocenters. The second-order valence-electron chi connectivity index (χ2n) is 6.72. The number of piperidine rings is 1. The number of carbonyl (C=O) groups excluding carboxylic acids is 1. The number of nitrogens with one attached hydrogen (secondary N) is 1. The van der Waals surface area contributed by atoms with Crippen molar-refractivity contribution in [3.8, 4) is 0 Å². The van der Waals surface area contributed by atoms with Crippen LogP contribution in [0.25, 0.3) is 0 Å². The smallest absolute Gasteiger partial charge is 0.273 e. The zero-order valence-electron chi connectivity index (χ0n) is 15.2. The Hall–Kier alpha value is -2.28. The van der Waals surface area contributed by atoms with Gasteiger partial charge in [-0.1, -0.05) is 30.7 Å². The monoisotopic (exact) mass is 359 g/mol. The van der Waals surface area contributed by atoms with Gasteiger partial charge in [-0.05, 0) is 50.0 Å². The Kier molecular flexibility index (Phi) is 6.33. The molecule has 1 aliphatic rings. The maximum absolute atomic E-state index is 13.1. The minimum absolute atomic E-state index is 0.0713. The summed E-state index contributed by atoms with van der Waals surface area (Å²) in [5, 5.41) is 11.0. The van der Waals surface area contributed by atoms with E-state index < -0.39 is 0 Å². The van der Waals surface area contributed by atoms with Crippen LogP contribution < -0.4 is 5.32 Å². The molecule has 1 fully saturated rings. The van der Waals surface area contributed by atoms with E-state index in [4.69, 9.17) is 0 Å². The van der Waals surface area contributed by atoms with Gasteiger partial charge in [0.2, 0.25) is 0 Å². The molecule has 0 aliphatic carbocycles. The predicted octanol–water partition coefficient (Wildman–Crippen LogP) is 2.63. The number of likely N-dealkylation sites (tertiary alicyclic amines) is 1. The number of aromatic nitrogens is 3. The average molecular weight is 359 g/mol. The van der Waals surface area contributed by atoms with Gasteiger partial charge in [-0.25, -0.2) is 9.07 Å². The van der Waals surface area contributed by atoms with Crippen LogP contribution in [0.1, 0.15) is 54.7 Å². The quantitative estimate of drug-likeness (QED) is 0.825. The Bertz CT molecular complexity index is 709. The molecule has 6 nitrogen and oxygen atoms in total. The first-order valence-corrected chi connectivity index (χ1v) is 9.35. The lowest BCUT2D eigenvalue weighted by atomic mass is 10.0. The molecule has 1 saturated heterocycles. The summed E-state index contributed by atoms with van der Waals surface area (Å²) < 4.78 is 14.8. The van der Waals surface area contributed by atoms with E-state index in [0.717, 1.165) is 31.6 Å². The number of halogens is 1. The third-order valence-electron chi connectivity index (χ3n) is 4.87. The summed E-state index contributed by atoms with van der Waals surface area (Å²) in [7, 11) is 0. The summed E-state index contributed by atoms with van der Waals surface area (Å²) in [5.74, 6) is -0.474. The molecule has 7 heteroatoms. The number of nitrogens with zero attached hydrogens (tertiary/aromatic N) is 4. The van der Waals surface area contributed by atoms with E-state index in [1.165, 1.54) is 31.4 Å². The van der Waals surface area contributed by atoms with Crippen molar-refractivity contribution in [2.45, 2.75) is 38.6 Å². The van der Waals surface area contributed by atoms with Crippen molar-refractivity contribution in [2.75, 3.05) is 26.2 Å². The van der Waals surface area contributed by atoms with Crippen molar-refractivity contribution in [1.29, 1.82) is 0 Å². The van der Waals surface area contributed by atoms with Gasteiger partial charge in [-0.15, -0.1) is 5.10 Å². The van der Waals surface area contributed by atoms with Crippen LogP contribution in [0.5, 0.6) is 0 Å². The predicted molar refractivity (Wildman–Crippen MR) is 97.5 cm³/mol. The van der Waals surface area contributed by atoms with Gasteiger partial charge in [0.1, 0.15) is 5.82 Å². The number of hydrogen-bond acceptors (Lipinski definition) is 4. The van der Waals surface area contributed by atoms with Crippen LogP contribution in [0.4, 0.5) is 4.39 Å². The summed E-state index contributed by atoms with van der Waals surface area (Å²) in [6.07, 6.45) is 6.21. The van der Waals surface area contributed by atoms with E-state index in [0.29, 0.717) is 12.2 Å². The third-order valence-corrected chi connectivity index (χ3v) is 4.87. The molecule has 2 heterocycles. The summed E-state index contributed by atoms with van der Waals surface area (Å²) in [4.78, 5) is 14.7. The molecule has 3 rings (SSSR count). The Morgan fingerprint density at radius 3 is 2.65 bits per heavy atom. The van der Waals surface area contributed by atoms with Gasteiger partial charge >= 0.3 is 0 Å². The van der Waals surface area contributed by atoms with E-state index in [2.05, 4.69) is 20.5 Å². The molecule has 1 amide bonds. The molecule has 0 bridgehead atoms. The zero-order chi connectivity index (χ0) is 18.4. The maximum Gasteiger partial charge on any atom is 0.273 e. The van der Waals surface area contributed by atoms with Crippen molar-refractivity contribution >= 4 is 5.91 Å². The molecular formula is C19H26FN5O.